The minimum Gasteiger partial charge on any atom is -0.350 e. The Labute approximate surface area is 111 Å². The van der Waals surface area contributed by atoms with E-state index in [1.165, 1.54) is 6.07 Å². The Morgan fingerprint density at radius 1 is 1.37 bits per heavy atom. The van der Waals surface area contributed by atoms with Crippen molar-refractivity contribution >= 4 is 5.91 Å². The van der Waals surface area contributed by atoms with Gasteiger partial charge in [-0.25, -0.2) is 8.78 Å². The zero-order valence-corrected chi connectivity index (χ0v) is 10.9. The van der Waals surface area contributed by atoms with Crippen LogP contribution in [0.25, 0.3) is 0 Å². The van der Waals surface area contributed by atoms with E-state index in [1.54, 1.807) is 0 Å². The Morgan fingerprint density at radius 3 is 2.84 bits per heavy atom. The molecule has 19 heavy (non-hydrogen) atoms. The van der Waals surface area contributed by atoms with Crippen LogP contribution in [-0.2, 0) is 0 Å². The van der Waals surface area contributed by atoms with Gasteiger partial charge in [-0.15, -0.1) is 0 Å². The van der Waals surface area contributed by atoms with Crippen molar-refractivity contribution in [2.45, 2.75) is 38.3 Å². The lowest BCUT2D eigenvalue weighted by atomic mass is 9.99. The van der Waals surface area contributed by atoms with Gasteiger partial charge in [0.1, 0.15) is 0 Å². The van der Waals surface area contributed by atoms with Crippen LogP contribution in [-0.4, -0.2) is 24.5 Å². The van der Waals surface area contributed by atoms with E-state index in [0.717, 1.165) is 31.4 Å². The van der Waals surface area contributed by atoms with Crippen LogP contribution in [0.15, 0.2) is 18.2 Å². The number of piperidine rings is 1. The fourth-order valence-corrected chi connectivity index (χ4v) is 2.36. The summed E-state index contributed by atoms with van der Waals surface area (Å²) in [5, 5.41) is 6.14. The molecule has 1 heterocycles. The van der Waals surface area contributed by atoms with Crippen LogP contribution in [0.3, 0.4) is 0 Å². The van der Waals surface area contributed by atoms with Crippen LogP contribution < -0.4 is 10.6 Å². The summed E-state index contributed by atoms with van der Waals surface area (Å²) in [6.07, 6.45) is 3.30. The number of nitrogens with one attached hydrogen (secondary N) is 2. The molecule has 2 rings (SSSR count). The van der Waals surface area contributed by atoms with E-state index >= 15 is 0 Å². The highest BCUT2D eigenvalue weighted by Gasteiger charge is 2.18. The molecule has 0 saturated carbocycles. The summed E-state index contributed by atoms with van der Waals surface area (Å²) in [7, 11) is 0. The monoisotopic (exact) mass is 268 g/mol. The second-order valence-corrected chi connectivity index (χ2v) is 5.03. The quantitative estimate of drug-likeness (QED) is 0.882. The normalized spacial score (nSPS) is 23.1. The molecule has 3 nitrogen and oxygen atoms in total. The second kappa shape index (κ2) is 6.10. The van der Waals surface area contributed by atoms with Crippen LogP contribution in [0.4, 0.5) is 8.78 Å². The van der Waals surface area contributed by atoms with Gasteiger partial charge < -0.3 is 10.6 Å². The van der Waals surface area contributed by atoms with Gasteiger partial charge in [0.05, 0.1) is 0 Å². The van der Waals surface area contributed by atoms with Gasteiger partial charge in [0, 0.05) is 24.2 Å². The van der Waals surface area contributed by atoms with E-state index in [-0.39, 0.29) is 17.5 Å². The number of benzene rings is 1. The highest BCUT2D eigenvalue weighted by molar-refractivity contribution is 5.94. The average molecular weight is 268 g/mol. The maximum atomic E-state index is 13.0. The molecule has 0 aromatic heterocycles. The first-order chi connectivity index (χ1) is 9.06. The fourth-order valence-electron chi connectivity index (χ4n) is 2.36. The van der Waals surface area contributed by atoms with Crippen molar-refractivity contribution in [1.82, 2.24) is 10.6 Å². The molecule has 1 aromatic rings. The zero-order valence-electron chi connectivity index (χ0n) is 10.9. The van der Waals surface area contributed by atoms with Crippen LogP contribution in [0.2, 0.25) is 0 Å². The van der Waals surface area contributed by atoms with Gasteiger partial charge in [-0.3, -0.25) is 4.79 Å². The highest BCUT2D eigenvalue weighted by atomic mass is 19.2. The van der Waals surface area contributed by atoms with Crippen LogP contribution in [0.1, 0.15) is 36.5 Å². The van der Waals surface area contributed by atoms with Crippen molar-refractivity contribution in [2.75, 3.05) is 6.54 Å². The molecule has 0 spiro atoms. The van der Waals surface area contributed by atoms with Gasteiger partial charge in [-0.1, -0.05) is 6.42 Å². The number of rotatable bonds is 3. The zero-order chi connectivity index (χ0) is 13.8. The first-order valence-corrected chi connectivity index (χ1v) is 6.55. The number of hydrogen-bond donors (Lipinski definition) is 2. The molecule has 0 radical (unpaired) electrons. The predicted molar refractivity (Wildman–Crippen MR) is 68.9 cm³/mol. The number of halogens is 2. The molecule has 5 heteroatoms. The van der Waals surface area contributed by atoms with Crippen LogP contribution in [0, 0.1) is 11.6 Å². The lowest BCUT2D eigenvalue weighted by molar-refractivity contribution is 0.0945. The number of amides is 1. The van der Waals surface area contributed by atoms with E-state index in [9.17, 15) is 13.6 Å². The van der Waals surface area contributed by atoms with Gasteiger partial charge in [0.2, 0.25) is 0 Å². The summed E-state index contributed by atoms with van der Waals surface area (Å²) in [4.78, 5) is 11.8. The predicted octanol–water partition coefficient (Wildman–Crippen LogP) is 2.23. The van der Waals surface area contributed by atoms with Crippen molar-refractivity contribution in [3.05, 3.63) is 35.4 Å². The summed E-state index contributed by atoms with van der Waals surface area (Å²) in [5.41, 5.74) is 0.141. The van der Waals surface area contributed by atoms with Gasteiger partial charge in [-0.05, 0) is 38.0 Å². The molecule has 104 valence electrons. The lowest BCUT2D eigenvalue weighted by Crippen LogP contribution is -2.47. The third kappa shape index (κ3) is 3.73. The molecular formula is C14H18F2N2O. The molecule has 1 aliphatic heterocycles. The van der Waals surface area contributed by atoms with Crippen molar-refractivity contribution in [3.8, 4) is 0 Å². The first-order valence-electron chi connectivity index (χ1n) is 6.55. The SMILES string of the molecule is CC1CCCC(CNC(=O)c2ccc(F)c(F)c2)N1. The third-order valence-corrected chi connectivity index (χ3v) is 3.40. The summed E-state index contributed by atoms with van der Waals surface area (Å²) >= 11 is 0. The maximum Gasteiger partial charge on any atom is 0.251 e. The van der Waals surface area contributed by atoms with Crippen molar-refractivity contribution in [1.29, 1.82) is 0 Å². The largest absolute Gasteiger partial charge is 0.350 e. The summed E-state index contributed by atoms with van der Waals surface area (Å²) < 4.78 is 25.8. The van der Waals surface area contributed by atoms with Gasteiger partial charge in [0.25, 0.3) is 5.91 Å². The minimum absolute atomic E-state index is 0.141. The van der Waals surface area contributed by atoms with E-state index < -0.39 is 11.6 Å². The Balaban J connectivity index is 1.88. The van der Waals surface area contributed by atoms with Gasteiger partial charge in [-0.2, -0.15) is 0 Å². The molecule has 1 aliphatic rings. The molecular weight excluding hydrogens is 250 g/mol. The smallest absolute Gasteiger partial charge is 0.251 e. The Kier molecular flexibility index (Phi) is 4.47. The number of carbonyl (C=O) groups is 1. The van der Waals surface area contributed by atoms with E-state index in [4.69, 9.17) is 0 Å². The van der Waals surface area contributed by atoms with Gasteiger partial charge in [0.15, 0.2) is 11.6 Å². The first kappa shape index (κ1) is 13.9. The summed E-state index contributed by atoms with van der Waals surface area (Å²) in [6.45, 7) is 2.62. The second-order valence-electron chi connectivity index (χ2n) is 5.03. The van der Waals surface area contributed by atoms with Crippen LogP contribution in [0.5, 0.6) is 0 Å². The summed E-state index contributed by atoms with van der Waals surface area (Å²) in [5.74, 6) is -2.32. The fraction of sp³-hybridized carbons (Fsp3) is 0.500. The molecule has 1 amide bonds. The molecule has 1 fully saturated rings. The average Bonchev–Trinajstić information content (AvgIpc) is 2.39. The molecule has 0 aliphatic carbocycles. The molecule has 2 N–H and O–H groups in total. The van der Waals surface area contributed by atoms with E-state index in [1.807, 2.05) is 0 Å². The Hall–Kier alpha value is -1.49. The lowest BCUT2D eigenvalue weighted by Gasteiger charge is -2.28. The Bertz CT molecular complexity index is 465. The highest BCUT2D eigenvalue weighted by Crippen LogP contribution is 2.12. The summed E-state index contributed by atoms with van der Waals surface area (Å²) in [6, 6.07) is 3.87. The number of hydrogen-bond acceptors (Lipinski definition) is 2. The molecule has 2 unspecified atom stereocenters. The van der Waals surface area contributed by atoms with E-state index in [0.29, 0.717) is 12.6 Å². The standard InChI is InChI=1S/C14H18F2N2O/c1-9-3-2-4-11(18-9)8-17-14(19)10-5-6-12(15)13(16)7-10/h5-7,9,11,18H,2-4,8H2,1H3,(H,17,19). The third-order valence-electron chi connectivity index (χ3n) is 3.40. The van der Waals surface area contributed by atoms with Crippen molar-refractivity contribution < 1.29 is 13.6 Å². The topological polar surface area (TPSA) is 41.1 Å². The van der Waals surface area contributed by atoms with Crippen molar-refractivity contribution in [3.63, 3.8) is 0 Å². The molecule has 1 aromatic carbocycles. The number of carbonyl (C=O) groups excluding carboxylic acids is 1. The molecule has 1 saturated heterocycles. The van der Waals surface area contributed by atoms with E-state index in [2.05, 4.69) is 17.6 Å². The van der Waals surface area contributed by atoms with Crippen molar-refractivity contribution in [2.24, 2.45) is 0 Å². The molecule has 2 atom stereocenters. The minimum atomic E-state index is -1.00. The molecule has 0 bridgehead atoms. The Morgan fingerprint density at radius 2 is 2.16 bits per heavy atom. The maximum absolute atomic E-state index is 13.0. The van der Waals surface area contributed by atoms with Crippen LogP contribution >= 0.6 is 0 Å². The van der Waals surface area contributed by atoms with Gasteiger partial charge >= 0.3 is 0 Å².